The van der Waals surface area contributed by atoms with E-state index in [-0.39, 0.29) is 5.91 Å². The van der Waals surface area contributed by atoms with Crippen LogP contribution in [0.1, 0.15) is 6.92 Å². The lowest BCUT2D eigenvalue weighted by atomic mass is 10.2. The van der Waals surface area contributed by atoms with Crippen molar-refractivity contribution in [3.8, 4) is 11.5 Å². The van der Waals surface area contributed by atoms with Crippen molar-refractivity contribution in [2.24, 2.45) is 0 Å². The molecule has 0 radical (unpaired) electrons. The summed E-state index contributed by atoms with van der Waals surface area (Å²) >= 11 is 0. The van der Waals surface area contributed by atoms with E-state index in [2.05, 4.69) is 10.6 Å². The summed E-state index contributed by atoms with van der Waals surface area (Å²) < 4.78 is 10.8. The van der Waals surface area contributed by atoms with Gasteiger partial charge in [0.1, 0.15) is 11.5 Å². The molecule has 138 valence electrons. The van der Waals surface area contributed by atoms with Crippen LogP contribution in [-0.4, -0.2) is 19.1 Å². The Hall–Kier alpha value is -3.47. The van der Waals surface area contributed by atoms with Crippen LogP contribution in [-0.2, 0) is 4.79 Å². The van der Waals surface area contributed by atoms with Crippen LogP contribution in [0.4, 0.5) is 17.1 Å². The van der Waals surface area contributed by atoms with Crippen molar-refractivity contribution in [3.63, 3.8) is 0 Å². The van der Waals surface area contributed by atoms with Crippen molar-refractivity contribution in [3.05, 3.63) is 78.9 Å². The van der Waals surface area contributed by atoms with Crippen LogP contribution in [0.25, 0.3) is 0 Å². The van der Waals surface area contributed by atoms with E-state index in [0.29, 0.717) is 11.4 Å². The zero-order valence-electron chi connectivity index (χ0n) is 15.3. The highest BCUT2D eigenvalue weighted by atomic mass is 16.5. The Kier molecular flexibility index (Phi) is 5.94. The molecule has 0 spiro atoms. The van der Waals surface area contributed by atoms with Crippen molar-refractivity contribution in [1.29, 1.82) is 0 Å². The molecule has 3 aromatic rings. The van der Waals surface area contributed by atoms with Gasteiger partial charge in [-0.2, -0.15) is 0 Å². The number of amides is 1. The van der Waals surface area contributed by atoms with Crippen LogP contribution in [0.15, 0.2) is 78.9 Å². The SMILES string of the molecule is COc1ccc(O[C@@H](C)C(=O)Nc2ccc(Nc3ccccc3)cc2)cc1. The lowest BCUT2D eigenvalue weighted by Crippen LogP contribution is -2.30. The normalized spacial score (nSPS) is 11.3. The first kappa shape index (κ1) is 18.3. The predicted octanol–water partition coefficient (Wildman–Crippen LogP) is 4.84. The number of ether oxygens (including phenoxy) is 2. The highest BCUT2D eigenvalue weighted by Gasteiger charge is 2.15. The maximum Gasteiger partial charge on any atom is 0.265 e. The fourth-order valence-electron chi connectivity index (χ4n) is 2.48. The first-order chi connectivity index (χ1) is 13.1. The molecule has 1 atom stereocenters. The van der Waals surface area contributed by atoms with Crippen molar-refractivity contribution in [1.82, 2.24) is 0 Å². The number of benzene rings is 3. The van der Waals surface area contributed by atoms with E-state index in [0.717, 1.165) is 17.1 Å². The number of carbonyl (C=O) groups excluding carboxylic acids is 1. The standard InChI is InChI=1S/C22H22N2O3/c1-16(27-21-14-12-20(26-2)13-15-21)22(25)24-19-10-8-18(9-11-19)23-17-6-4-3-5-7-17/h3-16,23H,1-2H3,(H,24,25)/t16-/m0/s1. The molecule has 1 amide bonds. The molecule has 2 N–H and O–H groups in total. The van der Waals surface area contributed by atoms with Crippen LogP contribution >= 0.6 is 0 Å². The van der Waals surface area contributed by atoms with Gasteiger partial charge in [-0.3, -0.25) is 4.79 Å². The number of anilines is 3. The smallest absolute Gasteiger partial charge is 0.265 e. The Morgan fingerprint density at radius 1 is 0.778 bits per heavy atom. The summed E-state index contributed by atoms with van der Waals surface area (Å²) in [6, 6.07) is 24.6. The number of hydrogen-bond acceptors (Lipinski definition) is 4. The molecule has 0 aliphatic heterocycles. The molecule has 5 heteroatoms. The number of hydrogen-bond donors (Lipinski definition) is 2. The Morgan fingerprint density at radius 3 is 1.96 bits per heavy atom. The topological polar surface area (TPSA) is 59.6 Å². The third kappa shape index (κ3) is 5.25. The molecule has 0 saturated carbocycles. The van der Waals surface area contributed by atoms with Gasteiger partial charge in [-0.15, -0.1) is 0 Å². The van der Waals surface area contributed by atoms with Gasteiger partial charge in [0.15, 0.2) is 6.10 Å². The minimum atomic E-state index is -0.625. The molecule has 0 saturated heterocycles. The Bertz CT molecular complexity index is 862. The van der Waals surface area contributed by atoms with Gasteiger partial charge < -0.3 is 20.1 Å². The molecular formula is C22H22N2O3. The second kappa shape index (κ2) is 8.76. The molecule has 0 aromatic heterocycles. The van der Waals surface area contributed by atoms with Crippen molar-refractivity contribution in [2.45, 2.75) is 13.0 Å². The fourth-order valence-corrected chi connectivity index (χ4v) is 2.48. The number of rotatable bonds is 7. The van der Waals surface area contributed by atoms with Crippen LogP contribution < -0.4 is 20.1 Å². The molecule has 0 aliphatic rings. The largest absolute Gasteiger partial charge is 0.497 e. The lowest BCUT2D eigenvalue weighted by Gasteiger charge is -2.15. The van der Waals surface area contributed by atoms with E-state index < -0.39 is 6.10 Å². The summed E-state index contributed by atoms with van der Waals surface area (Å²) in [5.41, 5.74) is 2.67. The van der Waals surface area contributed by atoms with Gasteiger partial charge in [0, 0.05) is 17.1 Å². The molecular weight excluding hydrogens is 340 g/mol. The molecule has 3 aromatic carbocycles. The maximum absolute atomic E-state index is 12.3. The average molecular weight is 362 g/mol. The summed E-state index contributed by atoms with van der Waals surface area (Å²) in [4.78, 5) is 12.3. The van der Waals surface area contributed by atoms with Crippen LogP contribution in [0.5, 0.6) is 11.5 Å². The van der Waals surface area contributed by atoms with Gasteiger partial charge >= 0.3 is 0 Å². The molecule has 5 nitrogen and oxygen atoms in total. The van der Waals surface area contributed by atoms with E-state index in [1.165, 1.54) is 0 Å². The maximum atomic E-state index is 12.3. The van der Waals surface area contributed by atoms with Gasteiger partial charge in [-0.1, -0.05) is 18.2 Å². The average Bonchev–Trinajstić information content (AvgIpc) is 2.71. The monoisotopic (exact) mass is 362 g/mol. The van der Waals surface area contributed by atoms with Crippen LogP contribution in [0, 0.1) is 0 Å². The van der Waals surface area contributed by atoms with E-state index in [9.17, 15) is 4.79 Å². The van der Waals surface area contributed by atoms with Crippen molar-refractivity contribution < 1.29 is 14.3 Å². The zero-order chi connectivity index (χ0) is 19.1. The number of carbonyl (C=O) groups is 1. The second-order valence-electron chi connectivity index (χ2n) is 5.99. The molecule has 3 rings (SSSR count). The minimum absolute atomic E-state index is 0.213. The second-order valence-corrected chi connectivity index (χ2v) is 5.99. The van der Waals surface area contributed by atoms with Crippen LogP contribution in [0.2, 0.25) is 0 Å². The van der Waals surface area contributed by atoms with Gasteiger partial charge in [0.05, 0.1) is 7.11 Å². The fraction of sp³-hybridized carbons (Fsp3) is 0.136. The van der Waals surface area contributed by atoms with Crippen molar-refractivity contribution in [2.75, 3.05) is 17.7 Å². The lowest BCUT2D eigenvalue weighted by molar-refractivity contribution is -0.122. The predicted molar refractivity (Wildman–Crippen MR) is 108 cm³/mol. The third-order valence-electron chi connectivity index (χ3n) is 3.96. The highest BCUT2D eigenvalue weighted by molar-refractivity contribution is 5.94. The summed E-state index contributed by atoms with van der Waals surface area (Å²) in [7, 11) is 1.60. The minimum Gasteiger partial charge on any atom is -0.497 e. The Balaban J connectivity index is 1.54. The molecule has 0 heterocycles. The highest BCUT2D eigenvalue weighted by Crippen LogP contribution is 2.20. The zero-order valence-corrected chi connectivity index (χ0v) is 15.3. The number of nitrogens with one attached hydrogen (secondary N) is 2. The first-order valence-electron chi connectivity index (χ1n) is 8.68. The van der Waals surface area contributed by atoms with Gasteiger partial charge in [0.25, 0.3) is 5.91 Å². The molecule has 0 bridgehead atoms. The number of methoxy groups -OCH3 is 1. The Morgan fingerprint density at radius 2 is 1.33 bits per heavy atom. The van der Waals surface area contributed by atoms with E-state index >= 15 is 0 Å². The quantitative estimate of drug-likeness (QED) is 0.631. The van der Waals surface area contributed by atoms with Gasteiger partial charge in [-0.25, -0.2) is 0 Å². The number of para-hydroxylation sites is 1. The first-order valence-corrected chi connectivity index (χ1v) is 8.68. The van der Waals surface area contributed by atoms with Crippen molar-refractivity contribution >= 4 is 23.0 Å². The summed E-state index contributed by atoms with van der Waals surface area (Å²) in [6.45, 7) is 1.71. The third-order valence-corrected chi connectivity index (χ3v) is 3.96. The molecule has 0 unspecified atom stereocenters. The van der Waals surface area contributed by atoms with E-state index in [1.54, 1.807) is 38.3 Å². The Labute approximate surface area is 158 Å². The summed E-state index contributed by atoms with van der Waals surface area (Å²) in [5.74, 6) is 1.14. The van der Waals surface area contributed by atoms with Crippen LogP contribution in [0.3, 0.4) is 0 Å². The van der Waals surface area contributed by atoms with Gasteiger partial charge in [0.2, 0.25) is 0 Å². The van der Waals surface area contributed by atoms with E-state index in [1.807, 2.05) is 54.6 Å². The summed E-state index contributed by atoms with van der Waals surface area (Å²) in [6.07, 6.45) is -0.625. The summed E-state index contributed by atoms with van der Waals surface area (Å²) in [5, 5.41) is 6.16. The molecule has 0 fully saturated rings. The molecule has 0 aliphatic carbocycles. The van der Waals surface area contributed by atoms with Gasteiger partial charge in [-0.05, 0) is 67.6 Å². The molecule has 27 heavy (non-hydrogen) atoms. The van der Waals surface area contributed by atoms with E-state index in [4.69, 9.17) is 9.47 Å².